The number of nitrogens with one attached hydrogen (secondary N) is 1. The molecule has 1 aliphatic carbocycles. The van der Waals surface area contributed by atoms with Crippen LogP contribution in [0.4, 0.5) is 5.69 Å². The molecule has 0 aliphatic heterocycles. The van der Waals surface area contributed by atoms with Crippen LogP contribution >= 0.6 is 15.9 Å². The van der Waals surface area contributed by atoms with Gasteiger partial charge in [-0.15, -0.1) is 0 Å². The lowest BCUT2D eigenvalue weighted by Gasteiger charge is -2.11. The van der Waals surface area contributed by atoms with E-state index in [4.69, 9.17) is 0 Å². The molecular formula is C18H20BrN. The highest BCUT2D eigenvalue weighted by molar-refractivity contribution is 9.10. The Labute approximate surface area is 129 Å². The molecule has 0 unspecified atom stereocenters. The molecule has 2 heteroatoms. The van der Waals surface area contributed by atoms with Crippen molar-refractivity contribution in [2.45, 2.75) is 39.2 Å². The maximum Gasteiger partial charge on any atom is 0.0400 e. The second kappa shape index (κ2) is 5.61. The summed E-state index contributed by atoms with van der Waals surface area (Å²) < 4.78 is 1.21. The fourth-order valence-corrected chi connectivity index (χ4v) is 2.85. The smallest absolute Gasteiger partial charge is 0.0400 e. The average Bonchev–Trinajstić information content (AvgIpc) is 3.27. The number of anilines is 1. The van der Waals surface area contributed by atoms with Gasteiger partial charge in [0, 0.05) is 16.7 Å². The van der Waals surface area contributed by atoms with Gasteiger partial charge in [-0.25, -0.2) is 0 Å². The monoisotopic (exact) mass is 329 g/mol. The quantitative estimate of drug-likeness (QED) is 0.774. The average molecular weight is 330 g/mol. The van der Waals surface area contributed by atoms with Gasteiger partial charge < -0.3 is 5.32 Å². The number of hydrogen-bond acceptors (Lipinski definition) is 1. The third kappa shape index (κ3) is 3.06. The largest absolute Gasteiger partial charge is 0.381 e. The van der Waals surface area contributed by atoms with Crippen LogP contribution in [-0.2, 0) is 6.54 Å². The lowest BCUT2D eigenvalue weighted by Crippen LogP contribution is -2.01. The number of halogens is 1. The molecule has 0 heterocycles. The summed E-state index contributed by atoms with van der Waals surface area (Å²) in [6.07, 6.45) is 2.73. The summed E-state index contributed by atoms with van der Waals surface area (Å²) in [4.78, 5) is 0. The van der Waals surface area contributed by atoms with Crippen LogP contribution in [0.15, 0.2) is 40.9 Å². The van der Waals surface area contributed by atoms with Crippen molar-refractivity contribution in [3.8, 4) is 0 Å². The molecule has 0 atom stereocenters. The van der Waals surface area contributed by atoms with E-state index < -0.39 is 0 Å². The first-order chi connectivity index (χ1) is 9.63. The second-order valence-corrected chi connectivity index (χ2v) is 6.59. The van der Waals surface area contributed by atoms with Gasteiger partial charge >= 0.3 is 0 Å². The molecule has 2 aromatic rings. The molecule has 0 saturated heterocycles. The molecule has 0 aromatic heterocycles. The molecule has 0 amide bonds. The second-order valence-electron chi connectivity index (χ2n) is 5.80. The molecule has 0 bridgehead atoms. The first kappa shape index (κ1) is 13.7. The Bertz CT molecular complexity index is 606. The van der Waals surface area contributed by atoms with E-state index >= 15 is 0 Å². The van der Waals surface area contributed by atoms with Gasteiger partial charge in [0.1, 0.15) is 0 Å². The van der Waals surface area contributed by atoms with E-state index in [0.717, 1.165) is 12.5 Å². The van der Waals surface area contributed by atoms with Crippen LogP contribution in [0.1, 0.15) is 41.0 Å². The minimum absolute atomic E-state index is 0.826. The van der Waals surface area contributed by atoms with E-state index in [1.807, 2.05) is 0 Å². The van der Waals surface area contributed by atoms with Crippen LogP contribution in [0.2, 0.25) is 0 Å². The third-order valence-electron chi connectivity index (χ3n) is 3.93. The Morgan fingerprint density at radius 3 is 2.45 bits per heavy atom. The standard InChI is InChI=1S/C18H20BrN/c1-12-8-17(9-13(2)18(12)19)20-11-14-4-3-5-16(10-14)15-6-7-15/h3-5,8-10,15,20H,6-7,11H2,1-2H3. The lowest BCUT2D eigenvalue weighted by molar-refractivity contribution is 1.08. The number of hydrogen-bond donors (Lipinski definition) is 1. The molecule has 0 spiro atoms. The SMILES string of the molecule is Cc1cc(NCc2cccc(C3CC3)c2)cc(C)c1Br. The molecule has 104 valence electrons. The zero-order valence-electron chi connectivity index (χ0n) is 12.0. The number of aryl methyl sites for hydroxylation is 2. The fraction of sp³-hybridized carbons (Fsp3) is 0.333. The van der Waals surface area contributed by atoms with E-state index in [-0.39, 0.29) is 0 Å². The van der Waals surface area contributed by atoms with Crippen molar-refractivity contribution < 1.29 is 0 Å². The van der Waals surface area contributed by atoms with Gasteiger partial charge in [-0.1, -0.05) is 40.2 Å². The van der Waals surface area contributed by atoms with Crippen LogP contribution in [-0.4, -0.2) is 0 Å². The molecule has 20 heavy (non-hydrogen) atoms. The zero-order valence-corrected chi connectivity index (χ0v) is 13.6. The summed E-state index contributed by atoms with van der Waals surface area (Å²) in [6, 6.07) is 13.4. The van der Waals surface area contributed by atoms with Crippen molar-refractivity contribution in [1.29, 1.82) is 0 Å². The van der Waals surface area contributed by atoms with Crippen LogP contribution in [0.25, 0.3) is 0 Å². The molecule has 0 radical (unpaired) electrons. The van der Waals surface area contributed by atoms with Crippen LogP contribution < -0.4 is 5.32 Å². The normalized spacial score (nSPS) is 14.3. The molecule has 2 aromatic carbocycles. The minimum Gasteiger partial charge on any atom is -0.381 e. The highest BCUT2D eigenvalue weighted by Gasteiger charge is 2.23. The summed E-state index contributed by atoms with van der Waals surface area (Å²) in [5.74, 6) is 0.826. The van der Waals surface area contributed by atoms with E-state index in [9.17, 15) is 0 Å². The Kier molecular flexibility index (Phi) is 3.84. The van der Waals surface area contributed by atoms with Crippen molar-refractivity contribution in [2.24, 2.45) is 0 Å². The molecule has 1 aliphatic rings. The van der Waals surface area contributed by atoms with Crippen molar-refractivity contribution >= 4 is 21.6 Å². The van der Waals surface area contributed by atoms with Gasteiger partial charge in [-0.2, -0.15) is 0 Å². The summed E-state index contributed by atoms with van der Waals surface area (Å²) >= 11 is 3.61. The topological polar surface area (TPSA) is 12.0 Å². The third-order valence-corrected chi connectivity index (χ3v) is 5.18. The molecule has 1 N–H and O–H groups in total. The van der Waals surface area contributed by atoms with E-state index in [1.54, 1.807) is 0 Å². The van der Waals surface area contributed by atoms with Crippen LogP contribution in [0, 0.1) is 13.8 Å². The van der Waals surface area contributed by atoms with Crippen molar-refractivity contribution in [3.63, 3.8) is 0 Å². The minimum atomic E-state index is 0.826. The molecular weight excluding hydrogens is 310 g/mol. The van der Waals surface area contributed by atoms with Gasteiger partial charge in [0.25, 0.3) is 0 Å². The van der Waals surface area contributed by atoms with Crippen molar-refractivity contribution in [2.75, 3.05) is 5.32 Å². The van der Waals surface area contributed by atoms with Gasteiger partial charge in [0.2, 0.25) is 0 Å². The van der Waals surface area contributed by atoms with Crippen molar-refractivity contribution in [1.82, 2.24) is 0 Å². The van der Waals surface area contributed by atoms with E-state index in [0.29, 0.717) is 0 Å². The Morgan fingerprint density at radius 1 is 1.10 bits per heavy atom. The summed E-state index contributed by atoms with van der Waals surface area (Å²) in [5.41, 5.74) is 6.62. The summed E-state index contributed by atoms with van der Waals surface area (Å²) in [5, 5.41) is 3.54. The van der Waals surface area contributed by atoms with Crippen molar-refractivity contribution in [3.05, 3.63) is 63.1 Å². The van der Waals surface area contributed by atoms with Crippen LogP contribution in [0.5, 0.6) is 0 Å². The predicted octanol–water partition coefficient (Wildman–Crippen LogP) is 5.56. The Hall–Kier alpha value is -1.28. The Morgan fingerprint density at radius 2 is 1.80 bits per heavy atom. The predicted molar refractivity (Wildman–Crippen MR) is 89.4 cm³/mol. The van der Waals surface area contributed by atoms with E-state index in [2.05, 4.69) is 71.5 Å². The first-order valence-corrected chi connectivity index (χ1v) is 8.02. The van der Waals surface area contributed by atoms with E-state index in [1.165, 1.54) is 45.3 Å². The highest BCUT2D eigenvalue weighted by Crippen LogP contribution is 2.40. The number of benzene rings is 2. The van der Waals surface area contributed by atoms with Gasteiger partial charge in [-0.3, -0.25) is 0 Å². The summed E-state index contributed by atoms with van der Waals surface area (Å²) in [6.45, 7) is 5.16. The van der Waals surface area contributed by atoms with Crippen LogP contribution in [0.3, 0.4) is 0 Å². The first-order valence-electron chi connectivity index (χ1n) is 7.23. The van der Waals surface area contributed by atoms with Gasteiger partial charge in [0.05, 0.1) is 0 Å². The van der Waals surface area contributed by atoms with Gasteiger partial charge in [-0.05, 0) is 67.0 Å². The maximum absolute atomic E-state index is 3.61. The molecule has 1 nitrogen and oxygen atoms in total. The number of rotatable bonds is 4. The fourth-order valence-electron chi connectivity index (χ4n) is 2.63. The van der Waals surface area contributed by atoms with Gasteiger partial charge in [0.15, 0.2) is 0 Å². The summed E-state index contributed by atoms with van der Waals surface area (Å²) in [7, 11) is 0. The molecule has 1 fully saturated rings. The molecule has 3 rings (SSSR count). The maximum atomic E-state index is 3.61. The zero-order chi connectivity index (χ0) is 14.1. The lowest BCUT2D eigenvalue weighted by atomic mass is 10.1. The Balaban J connectivity index is 1.71. The highest BCUT2D eigenvalue weighted by atomic mass is 79.9. The molecule has 1 saturated carbocycles.